The molecule has 4 aliphatic heterocycles. The second kappa shape index (κ2) is 9.93. The standard InChI is InChI=1S/C27H44N2O6/c1-18(2)6-7-22-26(3,35-22)24-23(32-5)21(8-11-27(24)17-33-27)34-25(30)29-14-19(15-29)9-12-28-13-10-20(16-28)31-4/h6,19-24H,7-17H2,1-5H3/t20-,21+,22+,23+,24+,26-,27-/m0/s1. The van der Waals surface area contributed by atoms with Crippen molar-refractivity contribution >= 4 is 6.09 Å². The van der Waals surface area contributed by atoms with Gasteiger partial charge in [0.1, 0.15) is 23.4 Å². The summed E-state index contributed by atoms with van der Waals surface area (Å²) in [6.45, 7) is 11.9. The number of epoxide rings is 2. The Balaban J connectivity index is 1.12. The minimum Gasteiger partial charge on any atom is -0.443 e. The fourth-order valence-electron chi connectivity index (χ4n) is 6.73. The van der Waals surface area contributed by atoms with Crippen molar-refractivity contribution in [1.29, 1.82) is 0 Å². The van der Waals surface area contributed by atoms with E-state index in [1.807, 2.05) is 4.90 Å². The number of allylic oxidation sites excluding steroid dienone is 1. The van der Waals surface area contributed by atoms with Gasteiger partial charge in [0.25, 0.3) is 0 Å². The summed E-state index contributed by atoms with van der Waals surface area (Å²) in [5, 5.41) is 0. The quantitative estimate of drug-likeness (QED) is 0.361. The molecule has 0 aromatic carbocycles. The van der Waals surface area contributed by atoms with Gasteiger partial charge in [0, 0.05) is 40.4 Å². The van der Waals surface area contributed by atoms with E-state index in [1.54, 1.807) is 14.2 Å². The van der Waals surface area contributed by atoms with E-state index in [-0.39, 0.29) is 41.5 Å². The van der Waals surface area contributed by atoms with Gasteiger partial charge >= 0.3 is 6.09 Å². The second-order valence-electron chi connectivity index (χ2n) is 11.8. The van der Waals surface area contributed by atoms with Gasteiger partial charge < -0.3 is 33.5 Å². The summed E-state index contributed by atoms with van der Waals surface area (Å²) in [5.41, 5.74) is 0.788. The minimum atomic E-state index is -0.312. The van der Waals surface area contributed by atoms with Crippen molar-refractivity contribution in [2.75, 3.05) is 53.6 Å². The molecule has 0 radical (unpaired) electrons. The number of carbonyl (C=O) groups is 1. The summed E-state index contributed by atoms with van der Waals surface area (Å²) in [4.78, 5) is 17.3. The Hall–Kier alpha value is -1.19. The number of amides is 1. The number of ether oxygens (including phenoxy) is 5. The summed E-state index contributed by atoms with van der Waals surface area (Å²) in [5.74, 6) is 0.613. The Bertz CT molecular complexity index is 805. The van der Waals surface area contributed by atoms with Gasteiger partial charge in [-0.15, -0.1) is 0 Å². The van der Waals surface area contributed by atoms with Crippen molar-refractivity contribution in [2.45, 2.75) is 88.5 Å². The molecule has 1 saturated carbocycles. The number of methoxy groups -OCH3 is 2. The predicted molar refractivity (Wildman–Crippen MR) is 131 cm³/mol. The second-order valence-corrected chi connectivity index (χ2v) is 11.8. The molecule has 0 unspecified atom stereocenters. The number of hydrogen-bond acceptors (Lipinski definition) is 7. The minimum absolute atomic E-state index is 0.0580. The normalized spacial score (nSPS) is 41.1. The highest BCUT2D eigenvalue weighted by molar-refractivity contribution is 5.69. The largest absolute Gasteiger partial charge is 0.443 e. The Morgan fingerprint density at radius 2 is 1.91 bits per heavy atom. The van der Waals surface area contributed by atoms with Gasteiger partial charge in [-0.05, 0) is 65.3 Å². The Kier molecular flexibility index (Phi) is 7.23. The van der Waals surface area contributed by atoms with E-state index >= 15 is 0 Å². The number of rotatable bonds is 9. The fraction of sp³-hybridized carbons (Fsp3) is 0.889. The van der Waals surface area contributed by atoms with Crippen molar-refractivity contribution in [2.24, 2.45) is 11.8 Å². The van der Waals surface area contributed by atoms with Crippen molar-refractivity contribution in [1.82, 2.24) is 9.80 Å². The van der Waals surface area contributed by atoms with Crippen LogP contribution < -0.4 is 0 Å². The lowest BCUT2D eigenvalue weighted by atomic mass is 9.68. The maximum Gasteiger partial charge on any atom is 0.410 e. The molecule has 0 N–H and O–H groups in total. The van der Waals surface area contributed by atoms with Crippen LogP contribution >= 0.6 is 0 Å². The van der Waals surface area contributed by atoms with E-state index in [0.29, 0.717) is 12.0 Å². The number of nitrogens with zero attached hydrogens (tertiary/aromatic N) is 2. The monoisotopic (exact) mass is 492 g/mol. The van der Waals surface area contributed by atoms with E-state index in [0.717, 1.165) is 71.4 Å². The van der Waals surface area contributed by atoms with E-state index in [1.165, 1.54) is 5.57 Å². The summed E-state index contributed by atoms with van der Waals surface area (Å²) in [6, 6.07) is 0. The van der Waals surface area contributed by atoms with Gasteiger partial charge in [-0.3, -0.25) is 0 Å². The molecule has 8 nitrogen and oxygen atoms in total. The molecule has 1 aliphatic carbocycles. The number of hydrogen-bond donors (Lipinski definition) is 0. The molecule has 198 valence electrons. The van der Waals surface area contributed by atoms with E-state index in [9.17, 15) is 4.79 Å². The Labute approximate surface area is 210 Å². The lowest BCUT2D eigenvalue weighted by Gasteiger charge is -2.44. The lowest BCUT2D eigenvalue weighted by molar-refractivity contribution is -0.124. The van der Waals surface area contributed by atoms with E-state index in [4.69, 9.17) is 23.7 Å². The zero-order valence-corrected chi connectivity index (χ0v) is 22.2. The molecule has 0 aromatic heterocycles. The fourth-order valence-corrected chi connectivity index (χ4v) is 6.73. The van der Waals surface area contributed by atoms with Crippen molar-refractivity contribution in [3.05, 3.63) is 11.6 Å². The topological polar surface area (TPSA) is 76.3 Å². The lowest BCUT2D eigenvalue weighted by Crippen LogP contribution is -2.57. The molecule has 0 bridgehead atoms. The molecule has 1 spiro atoms. The summed E-state index contributed by atoms with van der Waals surface area (Å²) in [6.07, 6.45) is 6.84. The zero-order valence-electron chi connectivity index (χ0n) is 22.2. The number of carbonyl (C=O) groups excluding carboxylic acids is 1. The molecule has 1 amide bonds. The smallest absolute Gasteiger partial charge is 0.410 e. The molecule has 7 atom stereocenters. The highest BCUT2D eigenvalue weighted by Crippen LogP contribution is 2.59. The van der Waals surface area contributed by atoms with Crippen molar-refractivity contribution < 1.29 is 28.5 Å². The molecular weight excluding hydrogens is 448 g/mol. The molecule has 5 fully saturated rings. The highest BCUT2D eigenvalue weighted by atomic mass is 16.6. The first-order valence-electron chi connectivity index (χ1n) is 13.5. The number of likely N-dealkylation sites (tertiary alicyclic amines) is 2. The molecule has 5 rings (SSSR count). The van der Waals surface area contributed by atoms with Crippen LogP contribution in [0.25, 0.3) is 0 Å². The highest BCUT2D eigenvalue weighted by Gasteiger charge is 2.72. The Morgan fingerprint density at radius 1 is 1.14 bits per heavy atom. The summed E-state index contributed by atoms with van der Waals surface area (Å²) in [7, 11) is 3.52. The summed E-state index contributed by atoms with van der Waals surface area (Å²) < 4.78 is 29.8. The third-order valence-electron chi connectivity index (χ3n) is 9.12. The van der Waals surface area contributed by atoms with Gasteiger partial charge in [-0.25, -0.2) is 4.79 Å². The van der Waals surface area contributed by atoms with Crippen LogP contribution in [-0.4, -0.2) is 105 Å². The maximum absolute atomic E-state index is 13.0. The van der Waals surface area contributed by atoms with Crippen molar-refractivity contribution in [3.63, 3.8) is 0 Å². The Morgan fingerprint density at radius 3 is 2.54 bits per heavy atom. The molecule has 0 aromatic rings. The van der Waals surface area contributed by atoms with Crippen LogP contribution in [0.3, 0.4) is 0 Å². The van der Waals surface area contributed by atoms with Crippen LogP contribution in [0.2, 0.25) is 0 Å². The summed E-state index contributed by atoms with van der Waals surface area (Å²) >= 11 is 0. The van der Waals surface area contributed by atoms with Crippen LogP contribution in [0.5, 0.6) is 0 Å². The van der Waals surface area contributed by atoms with Gasteiger partial charge in [0.15, 0.2) is 0 Å². The molecule has 35 heavy (non-hydrogen) atoms. The first-order chi connectivity index (χ1) is 16.8. The van der Waals surface area contributed by atoms with Gasteiger partial charge in [-0.2, -0.15) is 0 Å². The average Bonchev–Trinajstić information content (AvgIpc) is 3.66. The molecule has 5 aliphatic rings. The first kappa shape index (κ1) is 25.5. The molecule has 8 heteroatoms. The van der Waals surface area contributed by atoms with Gasteiger partial charge in [0.2, 0.25) is 0 Å². The predicted octanol–water partition coefficient (Wildman–Crippen LogP) is 3.24. The third-order valence-corrected chi connectivity index (χ3v) is 9.12. The van der Waals surface area contributed by atoms with Crippen LogP contribution in [0.15, 0.2) is 11.6 Å². The molecule has 4 heterocycles. The third kappa shape index (κ3) is 5.14. The SMILES string of the molecule is CO[C@H]1CCN(CCC2CN(C(=O)O[C@@H]3CC[C@]4(CO4)[C@@H]([C@@]4(C)O[C@@H]4CC=C(C)C)[C@@H]3OC)C2)C1. The van der Waals surface area contributed by atoms with E-state index in [2.05, 4.69) is 31.7 Å². The molecular formula is C27H44N2O6. The van der Waals surface area contributed by atoms with Crippen LogP contribution in [-0.2, 0) is 23.7 Å². The van der Waals surface area contributed by atoms with Gasteiger partial charge in [-0.1, -0.05) is 11.6 Å². The van der Waals surface area contributed by atoms with Crippen LogP contribution in [0, 0.1) is 11.8 Å². The molecule has 4 saturated heterocycles. The van der Waals surface area contributed by atoms with Gasteiger partial charge in [0.05, 0.1) is 24.7 Å². The van der Waals surface area contributed by atoms with Crippen LogP contribution in [0.1, 0.15) is 52.9 Å². The van der Waals surface area contributed by atoms with Crippen molar-refractivity contribution in [3.8, 4) is 0 Å². The first-order valence-corrected chi connectivity index (χ1v) is 13.5. The maximum atomic E-state index is 13.0. The van der Waals surface area contributed by atoms with E-state index < -0.39 is 0 Å². The van der Waals surface area contributed by atoms with Crippen LogP contribution in [0.4, 0.5) is 4.79 Å². The zero-order chi connectivity index (χ0) is 24.8. The average molecular weight is 493 g/mol.